The summed E-state index contributed by atoms with van der Waals surface area (Å²) in [7, 11) is 0. The zero-order valence-electron chi connectivity index (χ0n) is 11.1. The van der Waals surface area contributed by atoms with Gasteiger partial charge in [0, 0.05) is 31.2 Å². The average molecular weight is 271 g/mol. The van der Waals surface area contributed by atoms with Gasteiger partial charge in [0.1, 0.15) is 0 Å². The molecule has 0 aliphatic heterocycles. The molecule has 0 aliphatic rings. The number of nitrogens with one attached hydrogen (secondary N) is 1. The number of aliphatic hydroxyl groups excluding tert-OH is 1. The van der Waals surface area contributed by atoms with Crippen molar-refractivity contribution in [3.63, 3.8) is 0 Å². The predicted octanol–water partition coefficient (Wildman–Crippen LogP) is 2.11. The van der Waals surface area contributed by atoms with Gasteiger partial charge < -0.3 is 15.3 Å². The van der Waals surface area contributed by atoms with E-state index in [0.29, 0.717) is 12.2 Å². The molecule has 20 heavy (non-hydrogen) atoms. The molecule has 2 N–H and O–H groups in total. The van der Waals surface area contributed by atoms with Crippen LogP contribution in [-0.2, 0) is 6.54 Å². The van der Waals surface area contributed by atoms with Gasteiger partial charge in [0.15, 0.2) is 0 Å². The summed E-state index contributed by atoms with van der Waals surface area (Å²) in [4.78, 5) is 17.7. The van der Waals surface area contributed by atoms with Gasteiger partial charge in [-0.15, -0.1) is 0 Å². The van der Waals surface area contributed by atoms with Crippen LogP contribution in [0.5, 0.6) is 0 Å². The van der Waals surface area contributed by atoms with E-state index >= 15 is 0 Å². The summed E-state index contributed by atoms with van der Waals surface area (Å²) in [5.74, 6) is 0. The Morgan fingerprint density at radius 2 is 1.85 bits per heavy atom. The number of hydrogen-bond acceptors (Lipinski definition) is 3. The van der Waals surface area contributed by atoms with Crippen LogP contribution in [0, 0.1) is 0 Å². The number of aliphatic hydroxyl groups is 1. The lowest BCUT2D eigenvalue weighted by molar-refractivity contribution is 0.185. The number of urea groups is 1. The Morgan fingerprint density at radius 1 is 1.15 bits per heavy atom. The van der Waals surface area contributed by atoms with E-state index in [9.17, 15) is 4.79 Å². The van der Waals surface area contributed by atoms with Crippen LogP contribution in [0.1, 0.15) is 5.56 Å². The molecule has 2 amide bonds. The number of rotatable bonds is 5. The molecule has 0 saturated carbocycles. The zero-order valence-corrected chi connectivity index (χ0v) is 11.1. The number of amides is 2. The van der Waals surface area contributed by atoms with Crippen molar-refractivity contribution >= 4 is 11.7 Å². The predicted molar refractivity (Wildman–Crippen MR) is 77.2 cm³/mol. The van der Waals surface area contributed by atoms with Gasteiger partial charge in [-0.1, -0.05) is 30.3 Å². The van der Waals surface area contributed by atoms with Crippen molar-refractivity contribution < 1.29 is 9.90 Å². The third-order valence-electron chi connectivity index (χ3n) is 2.80. The maximum absolute atomic E-state index is 12.2. The summed E-state index contributed by atoms with van der Waals surface area (Å²) in [5, 5.41) is 11.9. The van der Waals surface area contributed by atoms with Gasteiger partial charge in [-0.25, -0.2) is 4.79 Å². The summed E-state index contributed by atoms with van der Waals surface area (Å²) >= 11 is 0. The summed E-state index contributed by atoms with van der Waals surface area (Å²) in [5.41, 5.74) is 1.70. The first-order valence-corrected chi connectivity index (χ1v) is 6.40. The summed E-state index contributed by atoms with van der Waals surface area (Å²) in [6.45, 7) is 0.667. The topological polar surface area (TPSA) is 65.5 Å². The molecule has 1 aromatic carbocycles. The lowest BCUT2D eigenvalue weighted by Crippen LogP contribution is -2.36. The molecule has 5 heteroatoms. The molecule has 2 aromatic rings. The molecule has 0 radical (unpaired) electrons. The van der Waals surface area contributed by atoms with Crippen molar-refractivity contribution in [1.82, 2.24) is 9.88 Å². The summed E-state index contributed by atoms with van der Waals surface area (Å²) < 4.78 is 0. The van der Waals surface area contributed by atoms with Crippen molar-refractivity contribution in [2.45, 2.75) is 6.54 Å². The fraction of sp³-hybridized carbons (Fsp3) is 0.200. The van der Waals surface area contributed by atoms with E-state index in [1.54, 1.807) is 29.4 Å². The fourth-order valence-corrected chi connectivity index (χ4v) is 1.81. The number of anilines is 1. The molecule has 0 aliphatic carbocycles. The molecule has 2 rings (SSSR count). The molecule has 0 fully saturated rings. The highest BCUT2D eigenvalue weighted by molar-refractivity contribution is 5.89. The number of carbonyl (C=O) groups excluding carboxylic acids is 1. The second-order valence-electron chi connectivity index (χ2n) is 4.30. The number of aromatic nitrogens is 1. The summed E-state index contributed by atoms with van der Waals surface area (Å²) in [6.07, 6.45) is 3.23. The number of pyridine rings is 1. The molecule has 104 valence electrons. The van der Waals surface area contributed by atoms with Crippen LogP contribution in [0.3, 0.4) is 0 Å². The van der Waals surface area contributed by atoms with E-state index in [-0.39, 0.29) is 19.2 Å². The highest BCUT2D eigenvalue weighted by atomic mass is 16.3. The van der Waals surface area contributed by atoms with Gasteiger partial charge in [0.2, 0.25) is 0 Å². The number of benzene rings is 1. The molecule has 0 unspecified atom stereocenters. The maximum atomic E-state index is 12.2. The molecular formula is C15H17N3O2. The molecule has 0 atom stereocenters. The largest absolute Gasteiger partial charge is 0.395 e. The van der Waals surface area contributed by atoms with Crippen LogP contribution in [0.25, 0.3) is 0 Å². The Labute approximate surface area is 117 Å². The smallest absolute Gasteiger partial charge is 0.322 e. The molecular weight excluding hydrogens is 254 g/mol. The molecule has 1 heterocycles. The van der Waals surface area contributed by atoms with Crippen LogP contribution in [0.4, 0.5) is 10.5 Å². The molecule has 0 saturated heterocycles. The minimum absolute atomic E-state index is 0.0728. The average Bonchev–Trinajstić information content (AvgIpc) is 2.49. The highest BCUT2D eigenvalue weighted by Gasteiger charge is 2.13. The Hall–Kier alpha value is -2.40. The van der Waals surface area contributed by atoms with Gasteiger partial charge in [-0.05, 0) is 17.7 Å². The highest BCUT2D eigenvalue weighted by Crippen LogP contribution is 2.08. The van der Waals surface area contributed by atoms with Crippen molar-refractivity contribution in [2.75, 3.05) is 18.5 Å². The van der Waals surface area contributed by atoms with Gasteiger partial charge in [-0.2, -0.15) is 0 Å². The second-order valence-corrected chi connectivity index (χ2v) is 4.30. The van der Waals surface area contributed by atoms with Crippen molar-refractivity contribution in [3.05, 3.63) is 60.4 Å². The monoisotopic (exact) mass is 271 g/mol. The second kappa shape index (κ2) is 7.25. The van der Waals surface area contributed by atoms with Gasteiger partial charge in [0.05, 0.1) is 6.61 Å². The van der Waals surface area contributed by atoms with E-state index in [1.807, 2.05) is 30.3 Å². The lowest BCUT2D eigenvalue weighted by Gasteiger charge is -2.22. The first-order chi connectivity index (χ1) is 9.79. The van der Waals surface area contributed by atoms with E-state index in [1.165, 1.54) is 0 Å². The van der Waals surface area contributed by atoms with Crippen LogP contribution >= 0.6 is 0 Å². The Kier molecular flexibility index (Phi) is 5.08. The van der Waals surface area contributed by atoms with Crippen LogP contribution in [-0.4, -0.2) is 34.2 Å². The van der Waals surface area contributed by atoms with E-state index in [0.717, 1.165) is 5.56 Å². The third kappa shape index (κ3) is 4.07. The third-order valence-corrected chi connectivity index (χ3v) is 2.80. The standard InChI is InChI=1S/C15H17N3O2/c19-11-10-18(12-13-4-2-1-3-5-13)15(20)17-14-6-8-16-9-7-14/h1-9,19H,10-12H2,(H,16,17,20). The fourth-order valence-electron chi connectivity index (χ4n) is 1.81. The molecule has 1 aromatic heterocycles. The Balaban J connectivity index is 2.02. The van der Waals surface area contributed by atoms with Gasteiger partial charge in [-0.3, -0.25) is 4.98 Å². The Bertz CT molecular complexity index is 531. The number of nitrogens with zero attached hydrogens (tertiary/aromatic N) is 2. The normalized spacial score (nSPS) is 10.1. The summed E-state index contributed by atoms with van der Waals surface area (Å²) in [6, 6.07) is 12.9. The van der Waals surface area contributed by atoms with Crippen molar-refractivity contribution in [2.24, 2.45) is 0 Å². The van der Waals surface area contributed by atoms with E-state index in [2.05, 4.69) is 10.3 Å². The molecule has 0 spiro atoms. The number of hydrogen-bond donors (Lipinski definition) is 2. The Morgan fingerprint density at radius 3 is 2.50 bits per heavy atom. The van der Waals surface area contributed by atoms with Crippen LogP contribution < -0.4 is 5.32 Å². The van der Waals surface area contributed by atoms with Crippen LogP contribution in [0.2, 0.25) is 0 Å². The quantitative estimate of drug-likeness (QED) is 0.875. The van der Waals surface area contributed by atoms with E-state index < -0.39 is 0 Å². The first kappa shape index (κ1) is 14.0. The van der Waals surface area contributed by atoms with E-state index in [4.69, 9.17) is 5.11 Å². The van der Waals surface area contributed by atoms with Crippen molar-refractivity contribution in [3.8, 4) is 0 Å². The van der Waals surface area contributed by atoms with Gasteiger partial charge in [0.25, 0.3) is 0 Å². The van der Waals surface area contributed by atoms with Crippen LogP contribution in [0.15, 0.2) is 54.9 Å². The van der Waals surface area contributed by atoms with Crippen molar-refractivity contribution in [1.29, 1.82) is 0 Å². The first-order valence-electron chi connectivity index (χ1n) is 6.40. The SMILES string of the molecule is O=C(Nc1ccncc1)N(CCO)Cc1ccccc1. The zero-order chi connectivity index (χ0) is 14.2. The molecule has 0 bridgehead atoms. The lowest BCUT2D eigenvalue weighted by atomic mass is 10.2. The minimum Gasteiger partial charge on any atom is -0.395 e. The minimum atomic E-state index is -0.242. The maximum Gasteiger partial charge on any atom is 0.322 e. The van der Waals surface area contributed by atoms with Gasteiger partial charge >= 0.3 is 6.03 Å². The number of carbonyl (C=O) groups is 1. The molecule has 5 nitrogen and oxygen atoms in total.